The maximum Gasteiger partial charge on any atom is 0.119 e. The molecule has 1 atom stereocenters. The highest BCUT2D eigenvalue weighted by Gasteiger charge is 2.03. The summed E-state index contributed by atoms with van der Waals surface area (Å²) in [5, 5.41) is 8.64. The number of ether oxygens (including phenoxy) is 1. The van der Waals surface area contributed by atoms with Crippen LogP contribution in [-0.2, 0) is 0 Å². The molecule has 1 aromatic rings. The first-order chi connectivity index (χ1) is 7.22. The largest absolute Gasteiger partial charge is 0.489 e. The Bertz CT molecular complexity index is 351. The molecule has 2 heteroatoms. The Labute approximate surface area is 90.8 Å². The first kappa shape index (κ1) is 11.3. The Kier molecular flexibility index (Phi) is 4.43. The third-order valence-electron chi connectivity index (χ3n) is 2.00. The van der Waals surface area contributed by atoms with Crippen molar-refractivity contribution in [3.8, 4) is 11.8 Å². The van der Waals surface area contributed by atoms with Crippen molar-refractivity contribution in [3.63, 3.8) is 0 Å². The molecule has 0 amide bonds. The third kappa shape index (κ3) is 4.33. The second-order valence-corrected chi connectivity index (χ2v) is 3.59. The van der Waals surface area contributed by atoms with Crippen molar-refractivity contribution in [2.45, 2.75) is 13.3 Å². The minimum atomic E-state index is 0.0110. The van der Waals surface area contributed by atoms with E-state index < -0.39 is 0 Å². The molecule has 0 aromatic heterocycles. The van der Waals surface area contributed by atoms with Crippen LogP contribution in [0.25, 0.3) is 0 Å². The summed E-state index contributed by atoms with van der Waals surface area (Å²) in [5.74, 6) is 0.847. The number of nitrogens with zero attached hydrogens (tertiary/aromatic N) is 1. The third-order valence-corrected chi connectivity index (χ3v) is 2.00. The summed E-state index contributed by atoms with van der Waals surface area (Å²) in [6.45, 7) is 6.25. The molecule has 0 radical (unpaired) electrons. The van der Waals surface area contributed by atoms with E-state index in [1.807, 2.05) is 37.3 Å². The average molecular weight is 201 g/mol. The van der Waals surface area contributed by atoms with Crippen LogP contribution in [0.2, 0.25) is 0 Å². The number of rotatable bonds is 5. The van der Waals surface area contributed by atoms with Crippen LogP contribution in [0.1, 0.15) is 13.3 Å². The molecule has 0 bridgehead atoms. The summed E-state index contributed by atoms with van der Waals surface area (Å²) in [7, 11) is 0. The second-order valence-electron chi connectivity index (χ2n) is 3.59. The molecule has 0 aliphatic heterocycles. The predicted molar refractivity (Wildman–Crippen MR) is 60.5 cm³/mol. The van der Waals surface area contributed by atoms with Crippen LogP contribution in [0.4, 0.5) is 0 Å². The summed E-state index contributed by atoms with van der Waals surface area (Å²) in [5.41, 5.74) is 0.952. The van der Waals surface area contributed by atoms with Gasteiger partial charge in [0.25, 0.3) is 0 Å². The van der Waals surface area contributed by atoms with Crippen LogP contribution in [-0.4, -0.2) is 6.61 Å². The molecule has 1 rings (SSSR count). The lowest BCUT2D eigenvalue weighted by atomic mass is 10.0. The Morgan fingerprint density at radius 3 is 2.73 bits per heavy atom. The molecule has 0 spiro atoms. The lowest BCUT2D eigenvalue weighted by molar-refractivity contribution is 0.345. The lowest BCUT2D eigenvalue weighted by Crippen LogP contribution is -2.03. The summed E-state index contributed by atoms with van der Waals surface area (Å²) in [4.78, 5) is 0. The average Bonchev–Trinajstić information content (AvgIpc) is 2.27. The molecular formula is C13H15NO. The van der Waals surface area contributed by atoms with Crippen molar-refractivity contribution in [2.75, 3.05) is 6.61 Å². The summed E-state index contributed by atoms with van der Waals surface area (Å²) in [6, 6.07) is 11.8. The van der Waals surface area contributed by atoms with E-state index in [2.05, 4.69) is 12.6 Å². The van der Waals surface area contributed by atoms with Crippen LogP contribution >= 0.6 is 0 Å². The maximum atomic E-state index is 8.64. The van der Waals surface area contributed by atoms with Gasteiger partial charge >= 0.3 is 0 Å². The van der Waals surface area contributed by atoms with Gasteiger partial charge < -0.3 is 4.74 Å². The maximum absolute atomic E-state index is 8.64. The van der Waals surface area contributed by atoms with E-state index in [4.69, 9.17) is 10.00 Å². The molecular weight excluding hydrogens is 186 g/mol. The second kappa shape index (κ2) is 5.87. The van der Waals surface area contributed by atoms with Gasteiger partial charge in [-0.2, -0.15) is 5.26 Å². The molecule has 0 fully saturated rings. The van der Waals surface area contributed by atoms with E-state index in [0.717, 1.165) is 11.3 Å². The Morgan fingerprint density at radius 2 is 2.13 bits per heavy atom. The Morgan fingerprint density at radius 1 is 1.47 bits per heavy atom. The fraction of sp³-hybridized carbons (Fsp3) is 0.308. The van der Waals surface area contributed by atoms with Gasteiger partial charge in [0.2, 0.25) is 0 Å². The number of benzene rings is 1. The standard InChI is InChI=1S/C13H15NO/c1-11(9-14)8-12(2)10-15-13-6-4-3-5-7-13/h3-7,11H,2,8,10H2,1H3. The smallest absolute Gasteiger partial charge is 0.119 e. The molecule has 2 nitrogen and oxygen atoms in total. The van der Waals surface area contributed by atoms with Crippen LogP contribution in [0.3, 0.4) is 0 Å². The van der Waals surface area contributed by atoms with Crippen molar-refractivity contribution in [1.82, 2.24) is 0 Å². The molecule has 1 aromatic carbocycles. The molecule has 0 N–H and O–H groups in total. The van der Waals surface area contributed by atoms with E-state index in [1.165, 1.54) is 0 Å². The van der Waals surface area contributed by atoms with E-state index in [1.54, 1.807) is 0 Å². The van der Waals surface area contributed by atoms with Crippen molar-refractivity contribution in [3.05, 3.63) is 42.5 Å². The van der Waals surface area contributed by atoms with Gasteiger partial charge in [-0.3, -0.25) is 0 Å². The molecule has 0 aliphatic rings. The van der Waals surface area contributed by atoms with Crippen molar-refractivity contribution in [1.29, 1.82) is 5.26 Å². The van der Waals surface area contributed by atoms with E-state index in [0.29, 0.717) is 13.0 Å². The first-order valence-electron chi connectivity index (χ1n) is 4.96. The van der Waals surface area contributed by atoms with Crippen molar-refractivity contribution in [2.24, 2.45) is 5.92 Å². The minimum Gasteiger partial charge on any atom is -0.489 e. The number of hydrogen-bond acceptors (Lipinski definition) is 2. The highest BCUT2D eigenvalue weighted by molar-refractivity contribution is 5.21. The molecule has 0 aliphatic carbocycles. The van der Waals surface area contributed by atoms with Gasteiger partial charge in [-0.1, -0.05) is 24.8 Å². The zero-order chi connectivity index (χ0) is 11.1. The number of para-hydroxylation sites is 1. The summed E-state index contributed by atoms with van der Waals surface area (Å²) in [6.07, 6.45) is 0.698. The van der Waals surface area contributed by atoms with Crippen LogP contribution in [0.15, 0.2) is 42.5 Å². The Balaban J connectivity index is 2.32. The molecule has 78 valence electrons. The van der Waals surface area contributed by atoms with E-state index >= 15 is 0 Å². The minimum absolute atomic E-state index is 0.0110. The molecule has 0 saturated heterocycles. The first-order valence-corrected chi connectivity index (χ1v) is 4.96. The fourth-order valence-electron chi connectivity index (χ4n) is 1.24. The van der Waals surface area contributed by atoms with Crippen molar-refractivity contribution < 1.29 is 4.74 Å². The van der Waals surface area contributed by atoms with Crippen LogP contribution < -0.4 is 4.74 Å². The van der Waals surface area contributed by atoms with Crippen molar-refractivity contribution >= 4 is 0 Å². The summed E-state index contributed by atoms with van der Waals surface area (Å²) < 4.78 is 5.50. The Hall–Kier alpha value is -1.75. The van der Waals surface area contributed by atoms with Gasteiger partial charge in [0.15, 0.2) is 0 Å². The SMILES string of the molecule is C=C(COc1ccccc1)CC(C)C#N. The quantitative estimate of drug-likeness (QED) is 0.685. The molecule has 15 heavy (non-hydrogen) atoms. The predicted octanol–water partition coefficient (Wildman–Crippen LogP) is 3.17. The van der Waals surface area contributed by atoms with Crippen LogP contribution in [0.5, 0.6) is 5.75 Å². The van der Waals surface area contributed by atoms with Crippen LogP contribution in [0, 0.1) is 17.2 Å². The zero-order valence-corrected chi connectivity index (χ0v) is 8.94. The van der Waals surface area contributed by atoms with Gasteiger partial charge in [-0.15, -0.1) is 0 Å². The molecule has 0 saturated carbocycles. The van der Waals surface area contributed by atoms with Gasteiger partial charge in [-0.05, 0) is 31.1 Å². The van der Waals surface area contributed by atoms with E-state index in [-0.39, 0.29) is 5.92 Å². The molecule has 1 unspecified atom stereocenters. The van der Waals surface area contributed by atoms with Gasteiger partial charge in [0.1, 0.15) is 12.4 Å². The van der Waals surface area contributed by atoms with Gasteiger partial charge in [0.05, 0.1) is 6.07 Å². The number of nitriles is 1. The van der Waals surface area contributed by atoms with Gasteiger partial charge in [-0.25, -0.2) is 0 Å². The normalized spacial score (nSPS) is 11.5. The lowest BCUT2D eigenvalue weighted by Gasteiger charge is -2.09. The topological polar surface area (TPSA) is 33.0 Å². The number of hydrogen-bond donors (Lipinski definition) is 0. The highest BCUT2D eigenvalue weighted by atomic mass is 16.5. The fourth-order valence-corrected chi connectivity index (χ4v) is 1.24. The monoisotopic (exact) mass is 201 g/mol. The summed E-state index contributed by atoms with van der Waals surface area (Å²) >= 11 is 0. The molecule has 0 heterocycles. The zero-order valence-electron chi connectivity index (χ0n) is 8.94. The van der Waals surface area contributed by atoms with Gasteiger partial charge in [0, 0.05) is 5.92 Å². The highest BCUT2D eigenvalue weighted by Crippen LogP contribution is 2.13. The van der Waals surface area contributed by atoms with E-state index in [9.17, 15) is 0 Å².